The Kier molecular flexibility index (Phi) is 5.44. The Morgan fingerprint density at radius 3 is 2.68 bits per heavy atom. The zero-order valence-electron chi connectivity index (χ0n) is 14.0. The summed E-state index contributed by atoms with van der Waals surface area (Å²) in [5, 5.41) is 7.02. The summed E-state index contributed by atoms with van der Waals surface area (Å²) < 4.78 is 38.1. The van der Waals surface area contributed by atoms with E-state index >= 15 is 0 Å². The first-order valence-electron chi connectivity index (χ1n) is 8.59. The number of H-pyrrole nitrogens is 1. The van der Waals surface area contributed by atoms with Crippen LogP contribution in [-0.4, -0.2) is 34.7 Å². The van der Waals surface area contributed by atoms with E-state index in [1.165, 1.54) is 18.6 Å². The Hall–Kier alpha value is -1.86. The number of aromatic amines is 1. The largest absolute Gasteiger partial charge is 0.416 e. The van der Waals surface area contributed by atoms with E-state index in [9.17, 15) is 13.2 Å². The molecule has 2 aromatic rings. The second-order valence-electron chi connectivity index (χ2n) is 6.67. The van der Waals surface area contributed by atoms with Gasteiger partial charge in [0.2, 0.25) is 0 Å². The molecular formula is C18H23F3N4. The zero-order chi connectivity index (χ0) is 17.9. The number of halogens is 3. The van der Waals surface area contributed by atoms with Crippen LogP contribution in [0.5, 0.6) is 0 Å². The van der Waals surface area contributed by atoms with Crippen molar-refractivity contribution in [2.45, 2.75) is 32.0 Å². The van der Waals surface area contributed by atoms with E-state index in [2.05, 4.69) is 15.1 Å². The van der Waals surface area contributed by atoms with Crippen molar-refractivity contribution in [3.63, 3.8) is 0 Å². The van der Waals surface area contributed by atoms with E-state index < -0.39 is 11.7 Å². The molecule has 1 aromatic heterocycles. The zero-order valence-corrected chi connectivity index (χ0v) is 14.0. The molecule has 4 nitrogen and oxygen atoms in total. The third kappa shape index (κ3) is 4.41. The van der Waals surface area contributed by atoms with Crippen molar-refractivity contribution in [2.75, 3.05) is 19.6 Å². The molecule has 0 amide bonds. The molecule has 1 unspecified atom stereocenters. The number of hydrogen-bond acceptors (Lipinski definition) is 3. The van der Waals surface area contributed by atoms with E-state index in [0.29, 0.717) is 12.5 Å². The number of nitrogens with zero attached hydrogens (tertiary/aromatic N) is 2. The highest BCUT2D eigenvalue weighted by Crippen LogP contribution is 2.31. The van der Waals surface area contributed by atoms with Crippen molar-refractivity contribution in [3.05, 3.63) is 41.6 Å². The van der Waals surface area contributed by atoms with Gasteiger partial charge in [0.05, 0.1) is 17.5 Å². The normalized spacial score (nSPS) is 19.3. The van der Waals surface area contributed by atoms with Crippen LogP contribution in [0.4, 0.5) is 13.2 Å². The number of hydrogen-bond donors (Lipinski definition) is 2. The minimum absolute atomic E-state index is 0.625. The van der Waals surface area contributed by atoms with Gasteiger partial charge < -0.3 is 5.73 Å². The molecule has 1 saturated heterocycles. The quantitative estimate of drug-likeness (QED) is 0.863. The first-order valence-corrected chi connectivity index (χ1v) is 8.59. The van der Waals surface area contributed by atoms with E-state index in [4.69, 9.17) is 5.73 Å². The second kappa shape index (κ2) is 7.58. The average Bonchev–Trinajstić information content (AvgIpc) is 3.03. The summed E-state index contributed by atoms with van der Waals surface area (Å²) >= 11 is 0. The number of benzene rings is 1. The molecule has 1 atom stereocenters. The molecule has 1 fully saturated rings. The van der Waals surface area contributed by atoms with E-state index in [-0.39, 0.29) is 0 Å². The molecule has 0 radical (unpaired) electrons. The molecule has 0 bridgehead atoms. The Bertz CT molecular complexity index is 676. The summed E-state index contributed by atoms with van der Waals surface area (Å²) in [5.74, 6) is 0.625. The van der Waals surface area contributed by atoms with Gasteiger partial charge in [-0.25, -0.2) is 0 Å². The fraction of sp³-hybridized carbons (Fsp3) is 0.500. The molecule has 1 aliphatic rings. The lowest BCUT2D eigenvalue weighted by Gasteiger charge is -2.32. The standard InChI is InChI=1S/C18H23F3N4/c19-18(20,21)16-5-3-14(4-6-16)17-15(10-23-24-17)12-25-9-1-2-13(11-25)7-8-22/h3-6,10,13H,1-2,7-9,11-12,22H2,(H,23,24). The predicted octanol–water partition coefficient (Wildman–Crippen LogP) is 3.66. The third-order valence-corrected chi connectivity index (χ3v) is 4.79. The van der Waals surface area contributed by atoms with Crippen LogP contribution in [0.2, 0.25) is 0 Å². The minimum atomic E-state index is -4.32. The van der Waals surface area contributed by atoms with Crippen LogP contribution in [0.15, 0.2) is 30.5 Å². The van der Waals surface area contributed by atoms with Gasteiger partial charge in [-0.3, -0.25) is 10.00 Å². The SMILES string of the molecule is NCCC1CCCN(Cc2cn[nH]c2-c2ccc(C(F)(F)F)cc2)C1. The lowest BCUT2D eigenvalue weighted by Crippen LogP contribution is -2.35. The van der Waals surface area contributed by atoms with Gasteiger partial charge in [0.15, 0.2) is 0 Å². The number of likely N-dealkylation sites (tertiary alicyclic amines) is 1. The van der Waals surface area contributed by atoms with E-state index in [1.807, 2.05) is 0 Å². The summed E-state index contributed by atoms with van der Waals surface area (Å²) in [6.45, 7) is 3.49. The molecule has 3 rings (SSSR count). The Morgan fingerprint density at radius 1 is 1.24 bits per heavy atom. The van der Waals surface area contributed by atoms with Crippen molar-refractivity contribution in [3.8, 4) is 11.3 Å². The number of alkyl halides is 3. The van der Waals surface area contributed by atoms with Crippen LogP contribution < -0.4 is 5.73 Å². The van der Waals surface area contributed by atoms with Gasteiger partial charge in [-0.2, -0.15) is 18.3 Å². The first-order chi connectivity index (χ1) is 12.0. The number of rotatable bonds is 5. The van der Waals surface area contributed by atoms with Crippen LogP contribution in [-0.2, 0) is 12.7 Å². The molecule has 136 valence electrons. The number of nitrogens with one attached hydrogen (secondary N) is 1. The smallest absolute Gasteiger partial charge is 0.330 e. The molecule has 3 N–H and O–H groups in total. The van der Waals surface area contributed by atoms with Gasteiger partial charge >= 0.3 is 6.18 Å². The van der Waals surface area contributed by atoms with Gasteiger partial charge in [-0.15, -0.1) is 0 Å². The Balaban J connectivity index is 1.72. The summed E-state index contributed by atoms with van der Waals surface area (Å²) in [6, 6.07) is 5.21. The van der Waals surface area contributed by atoms with Crippen LogP contribution >= 0.6 is 0 Å². The second-order valence-corrected chi connectivity index (χ2v) is 6.67. The van der Waals surface area contributed by atoms with Crippen molar-refractivity contribution >= 4 is 0 Å². The van der Waals surface area contributed by atoms with Gasteiger partial charge in [0.1, 0.15) is 0 Å². The van der Waals surface area contributed by atoms with Crippen molar-refractivity contribution < 1.29 is 13.2 Å². The fourth-order valence-electron chi connectivity index (χ4n) is 3.51. The third-order valence-electron chi connectivity index (χ3n) is 4.79. The number of nitrogens with two attached hydrogens (primary N) is 1. The Labute approximate surface area is 145 Å². The molecular weight excluding hydrogens is 329 g/mol. The topological polar surface area (TPSA) is 57.9 Å². The predicted molar refractivity (Wildman–Crippen MR) is 90.7 cm³/mol. The molecule has 1 aromatic carbocycles. The lowest BCUT2D eigenvalue weighted by atomic mass is 9.94. The lowest BCUT2D eigenvalue weighted by molar-refractivity contribution is -0.137. The number of aromatic nitrogens is 2. The molecule has 0 spiro atoms. The highest BCUT2D eigenvalue weighted by molar-refractivity contribution is 5.63. The maximum Gasteiger partial charge on any atom is 0.416 e. The highest BCUT2D eigenvalue weighted by atomic mass is 19.4. The minimum Gasteiger partial charge on any atom is -0.330 e. The summed E-state index contributed by atoms with van der Waals surface area (Å²) in [6.07, 6.45) is 0.845. The molecule has 2 heterocycles. The summed E-state index contributed by atoms with van der Waals surface area (Å²) in [5.41, 5.74) is 7.54. The Morgan fingerprint density at radius 2 is 2.00 bits per heavy atom. The van der Waals surface area contributed by atoms with Crippen LogP contribution in [0, 0.1) is 5.92 Å². The van der Waals surface area contributed by atoms with Gasteiger partial charge in [-0.1, -0.05) is 12.1 Å². The van der Waals surface area contributed by atoms with E-state index in [1.54, 1.807) is 6.20 Å². The van der Waals surface area contributed by atoms with Gasteiger partial charge in [-0.05, 0) is 56.0 Å². The monoisotopic (exact) mass is 352 g/mol. The average molecular weight is 352 g/mol. The maximum atomic E-state index is 12.7. The molecule has 1 aliphatic heterocycles. The van der Waals surface area contributed by atoms with Crippen LogP contribution in [0.1, 0.15) is 30.4 Å². The van der Waals surface area contributed by atoms with Crippen molar-refractivity contribution in [2.24, 2.45) is 11.7 Å². The fourth-order valence-corrected chi connectivity index (χ4v) is 3.51. The molecule has 25 heavy (non-hydrogen) atoms. The van der Waals surface area contributed by atoms with Crippen molar-refractivity contribution in [1.82, 2.24) is 15.1 Å². The van der Waals surface area contributed by atoms with Crippen LogP contribution in [0.25, 0.3) is 11.3 Å². The summed E-state index contributed by atoms with van der Waals surface area (Å²) in [4.78, 5) is 2.38. The molecule has 7 heteroatoms. The molecule has 0 saturated carbocycles. The highest BCUT2D eigenvalue weighted by Gasteiger charge is 2.30. The first kappa shape index (κ1) is 17.9. The van der Waals surface area contributed by atoms with Gasteiger partial charge in [0.25, 0.3) is 0 Å². The van der Waals surface area contributed by atoms with Gasteiger partial charge in [0, 0.05) is 18.7 Å². The van der Waals surface area contributed by atoms with E-state index in [0.717, 1.165) is 61.4 Å². The molecule has 0 aliphatic carbocycles. The van der Waals surface area contributed by atoms with Crippen LogP contribution in [0.3, 0.4) is 0 Å². The maximum absolute atomic E-state index is 12.7. The number of piperidine rings is 1. The van der Waals surface area contributed by atoms with Crippen molar-refractivity contribution in [1.29, 1.82) is 0 Å². The summed E-state index contributed by atoms with van der Waals surface area (Å²) in [7, 11) is 0.